The fourth-order valence-corrected chi connectivity index (χ4v) is 7.45. The van der Waals surface area contributed by atoms with E-state index in [1.54, 1.807) is 50.3 Å². The summed E-state index contributed by atoms with van der Waals surface area (Å²) in [5.41, 5.74) is 1.10. The molecule has 1 fully saturated rings. The van der Waals surface area contributed by atoms with Crippen molar-refractivity contribution in [2.45, 2.75) is 42.6 Å². The van der Waals surface area contributed by atoms with E-state index in [-0.39, 0.29) is 35.3 Å². The zero-order valence-electron chi connectivity index (χ0n) is 23.6. The number of carbonyl (C=O) groups excluding carboxylic acids is 5. The molecule has 1 aromatic carbocycles. The summed E-state index contributed by atoms with van der Waals surface area (Å²) >= 11 is 4.03. The van der Waals surface area contributed by atoms with E-state index in [1.165, 1.54) is 41.9 Å². The molecule has 1 unspecified atom stereocenters. The SMILES string of the molecule is C/C=C(\C)C(=O)N(C)C(=O)N[C@@H](C(=O)NC1C(=O)N2C(C(=O)[O-])=C(CSc3nnc(C)s3)CS[C@H]12)c1ccccc1.[Na+]. The standard InChI is InChI=1S/C26H28N6O6S3.Na/c1-5-13(2)21(34)31(4)25(38)28-17(15-9-7-6-8-10-15)20(33)27-18-22(35)32-19(24(36)37)16(11-39-23(18)32)12-40-26-30-29-14(3)41-26;/h5-10,17-18,23H,11-12H2,1-4H3,(H,27,33)(H,28,38)(H,36,37);/q;+1/p-1/b13-5+;/t17-,18?,23-;/m1./s1. The Morgan fingerprint density at radius 2 is 1.93 bits per heavy atom. The van der Waals surface area contributed by atoms with Gasteiger partial charge in [-0.05, 0) is 31.9 Å². The number of rotatable bonds is 9. The minimum Gasteiger partial charge on any atom is -0.543 e. The molecule has 0 radical (unpaired) electrons. The van der Waals surface area contributed by atoms with Crippen LogP contribution in [0.4, 0.5) is 4.79 Å². The second kappa shape index (κ2) is 14.7. The van der Waals surface area contributed by atoms with E-state index in [0.717, 1.165) is 14.8 Å². The number of aromatic nitrogens is 2. The molecule has 3 atom stereocenters. The van der Waals surface area contributed by atoms with E-state index in [0.29, 0.717) is 32.6 Å². The van der Waals surface area contributed by atoms with Crippen molar-refractivity contribution in [2.75, 3.05) is 18.6 Å². The number of allylic oxidation sites excluding steroid dienone is 1. The number of carboxylic acid groups (broad SMARTS) is 1. The number of benzene rings is 1. The van der Waals surface area contributed by atoms with Crippen LogP contribution in [0.3, 0.4) is 0 Å². The van der Waals surface area contributed by atoms with Crippen molar-refractivity contribution in [2.24, 2.45) is 0 Å². The number of amides is 5. The van der Waals surface area contributed by atoms with E-state index in [2.05, 4.69) is 20.8 Å². The van der Waals surface area contributed by atoms with Crippen LogP contribution in [0.1, 0.15) is 30.5 Å². The third-order valence-corrected chi connectivity index (χ3v) is 9.86. The molecule has 4 rings (SSSR count). The third kappa shape index (κ3) is 7.26. The van der Waals surface area contributed by atoms with Gasteiger partial charge in [-0.25, -0.2) is 4.79 Å². The number of hydrogen-bond donors (Lipinski definition) is 2. The van der Waals surface area contributed by atoms with Gasteiger partial charge in [-0.15, -0.1) is 22.0 Å². The van der Waals surface area contributed by atoms with E-state index in [1.807, 2.05) is 6.92 Å². The Bertz CT molecular complexity index is 1450. The van der Waals surface area contributed by atoms with Crippen LogP contribution in [0, 0.1) is 6.92 Å². The van der Waals surface area contributed by atoms with Crippen molar-refractivity contribution in [1.29, 1.82) is 0 Å². The monoisotopic (exact) mass is 638 g/mol. The molecule has 5 amide bonds. The summed E-state index contributed by atoms with van der Waals surface area (Å²) in [6.07, 6.45) is 1.57. The topological polar surface area (TPSA) is 165 Å². The van der Waals surface area contributed by atoms with Gasteiger partial charge < -0.3 is 20.5 Å². The van der Waals surface area contributed by atoms with Gasteiger partial charge in [0.1, 0.15) is 22.5 Å². The zero-order valence-corrected chi connectivity index (χ0v) is 28.0. The van der Waals surface area contributed by atoms with Crippen LogP contribution in [0.5, 0.6) is 0 Å². The van der Waals surface area contributed by atoms with Crippen LogP contribution >= 0.6 is 34.9 Å². The molecule has 1 saturated heterocycles. The minimum absolute atomic E-state index is 0. The Hall–Kier alpha value is -2.69. The predicted octanol–water partition coefficient (Wildman–Crippen LogP) is -1.78. The fraction of sp³-hybridized carbons (Fsp3) is 0.346. The second-order valence-corrected chi connectivity index (χ2v) is 12.6. The molecule has 2 N–H and O–H groups in total. The maximum atomic E-state index is 13.4. The number of β-lactam (4-membered cyclic amide) rings is 1. The van der Waals surface area contributed by atoms with Crippen molar-refractivity contribution in [3.05, 3.63) is 63.8 Å². The first-order chi connectivity index (χ1) is 19.5. The largest absolute Gasteiger partial charge is 1.00 e. The van der Waals surface area contributed by atoms with Crippen LogP contribution in [0.15, 0.2) is 57.6 Å². The summed E-state index contributed by atoms with van der Waals surface area (Å²) in [7, 11) is 1.30. The maximum Gasteiger partial charge on any atom is 1.00 e. The summed E-state index contributed by atoms with van der Waals surface area (Å²) in [5.74, 6) is -2.69. The van der Waals surface area contributed by atoms with E-state index in [4.69, 9.17) is 0 Å². The van der Waals surface area contributed by atoms with E-state index >= 15 is 0 Å². The molecule has 2 aliphatic heterocycles. The van der Waals surface area contributed by atoms with Crippen LogP contribution < -0.4 is 45.3 Å². The van der Waals surface area contributed by atoms with Crippen molar-refractivity contribution in [3.63, 3.8) is 0 Å². The van der Waals surface area contributed by atoms with E-state index < -0.39 is 47.2 Å². The van der Waals surface area contributed by atoms with Crippen LogP contribution in [0.25, 0.3) is 0 Å². The van der Waals surface area contributed by atoms with Gasteiger partial charge in [-0.3, -0.25) is 24.2 Å². The number of carboxylic acids is 1. The number of thioether (sulfide) groups is 2. The molecule has 0 spiro atoms. The number of imide groups is 1. The Morgan fingerprint density at radius 1 is 1.24 bits per heavy atom. The Kier molecular flexibility index (Phi) is 11.8. The second-order valence-electron chi connectivity index (χ2n) is 9.14. The number of aliphatic carboxylic acids is 1. The van der Waals surface area contributed by atoms with Crippen LogP contribution in [-0.2, 0) is 19.2 Å². The fourth-order valence-electron chi connectivity index (χ4n) is 4.15. The van der Waals surface area contributed by atoms with Crippen molar-refractivity contribution < 1.29 is 58.6 Å². The number of aryl methyl sites for hydroxylation is 1. The van der Waals surface area contributed by atoms with Gasteiger partial charge >= 0.3 is 35.6 Å². The zero-order chi connectivity index (χ0) is 29.8. The van der Waals surface area contributed by atoms with Gasteiger partial charge in [-0.2, -0.15) is 0 Å². The number of carbonyl (C=O) groups is 5. The Morgan fingerprint density at radius 3 is 2.52 bits per heavy atom. The molecule has 0 bridgehead atoms. The van der Waals surface area contributed by atoms with Gasteiger partial charge in [0.25, 0.3) is 11.8 Å². The minimum atomic E-state index is -1.48. The molecule has 2 aromatic rings. The summed E-state index contributed by atoms with van der Waals surface area (Å²) in [6, 6.07) is 5.34. The molecule has 12 nitrogen and oxygen atoms in total. The number of nitrogens with one attached hydrogen (secondary N) is 2. The summed E-state index contributed by atoms with van der Waals surface area (Å²) in [6.45, 7) is 5.06. The molecule has 3 heterocycles. The molecular formula is C26H27N6NaO6S3. The predicted molar refractivity (Wildman–Crippen MR) is 152 cm³/mol. The average Bonchev–Trinajstić information content (AvgIpc) is 3.40. The molecule has 2 aliphatic rings. The first kappa shape index (κ1) is 33.8. The first-order valence-corrected chi connectivity index (χ1v) is 15.3. The summed E-state index contributed by atoms with van der Waals surface area (Å²) < 4.78 is 0.683. The number of nitrogens with zero attached hydrogens (tertiary/aromatic N) is 4. The van der Waals surface area contributed by atoms with Gasteiger partial charge in [0, 0.05) is 24.1 Å². The molecule has 42 heavy (non-hydrogen) atoms. The van der Waals surface area contributed by atoms with Gasteiger partial charge in [0.05, 0.1) is 11.7 Å². The maximum absolute atomic E-state index is 13.4. The summed E-state index contributed by atoms with van der Waals surface area (Å²) in [5, 5.41) is 25.4. The van der Waals surface area contributed by atoms with Crippen LogP contribution in [0.2, 0.25) is 0 Å². The van der Waals surface area contributed by atoms with Crippen molar-refractivity contribution in [1.82, 2.24) is 30.6 Å². The third-order valence-electron chi connectivity index (χ3n) is 6.46. The normalized spacial score (nSPS) is 18.7. The molecule has 0 saturated carbocycles. The Labute approximate surface area is 277 Å². The van der Waals surface area contributed by atoms with Gasteiger partial charge in [0.15, 0.2) is 4.34 Å². The van der Waals surface area contributed by atoms with Gasteiger partial charge in [0.2, 0.25) is 5.91 Å². The molecule has 216 valence electrons. The first-order valence-electron chi connectivity index (χ1n) is 12.4. The van der Waals surface area contributed by atoms with Crippen LogP contribution in [-0.4, -0.2) is 79.7 Å². The van der Waals surface area contributed by atoms with E-state index in [9.17, 15) is 29.1 Å². The number of likely N-dealkylation sites (N-methyl/N-ethyl adjacent to an activating group) is 1. The van der Waals surface area contributed by atoms with Crippen molar-refractivity contribution in [3.8, 4) is 0 Å². The smallest absolute Gasteiger partial charge is 0.543 e. The molecular weight excluding hydrogens is 612 g/mol. The quantitative estimate of drug-likeness (QED) is 0.139. The number of fused-ring (bicyclic) bond motifs is 1. The number of hydrogen-bond acceptors (Lipinski definition) is 11. The molecule has 1 aromatic heterocycles. The summed E-state index contributed by atoms with van der Waals surface area (Å²) in [4.78, 5) is 66.0. The average molecular weight is 639 g/mol. The molecule has 16 heteroatoms. The van der Waals surface area contributed by atoms with Crippen molar-refractivity contribution >= 4 is 64.6 Å². The molecule has 0 aliphatic carbocycles. The number of urea groups is 1. The van der Waals surface area contributed by atoms with Gasteiger partial charge in [-0.1, -0.05) is 59.5 Å². The Balaban J connectivity index is 0.00000484.